The molecule has 5 fully saturated rings. The molecule has 0 aromatic carbocycles. The van der Waals surface area contributed by atoms with Gasteiger partial charge in [-0.3, -0.25) is 4.79 Å². The van der Waals surface area contributed by atoms with Crippen LogP contribution in [0.3, 0.4) is 0 Å². The predicted octanol–water partition coefficient (Wildman–Crippen LogP) is 2.76. The Morgan fingerprint density at radius 3 is 1.94 bits per heavy atom. The van der Waals surface area contributed by atoms with E-state index in [1.54, 1.807) is 0 Å². The van der Waals surface area contributed by atoms with Crippen LogP contribution < -0.4 is 0 Å². The molecular weight excluding hydrogens is 200 g/mol. The standard InChI is InChI=1S/C14H20O2/c1-8-12(13(15)16-8)14-5-9-2-10(6-14)4-11(3-9)7-14/h8-12H,2-7H2,1H3/t8-,9?,10?,11?,12+,14?/m1/s1. The Hall–Kier alpha value is -0.530. The zero-order valence-corrected chi connectivity index (χ0v) is 9.95. The highest BCUT2D eigenvalue weighted by atomic mass is 16.6. The number of carbonyl (C=O) groups is 1. The second kappa shape index (κ2) is 2.83. The van der Waals surface area contributed by atoms with Gasteiger partial charge in [0.2, 0.25) is 0 Å². The van der Waals surface area contributed by atoms with Gasteiger partial charge in [-0.05, 0) is 68.6 Å². The van der Waals surface area contributed by atoms with E-state index < -0.39 is 0 Å². The van der Waals surface area contributed by atoms with Crippen molar-refractivity contribution in [2.75, 3.05) is 0 Å². The minimum atomic E-state index is 0.106. The van der Waals surface area contributed by atoms with Gasteiger partial charge in [0.25, 0.3) is 0 Å². The van der Waals surface area contributed by atoms with Gasteiger partial charge in [0, 0.05) is 0 Å². The van der Waals surface area contributed by atoms with Crippen molar-refractivity contribution in [2.45, 2.75) is 51.6 Å². The molecule has 5 rings (SSSR count). The zero-order valence-electron chi connectivity index (χ0n) is 9.95. The van der Waals surface area contributed by atoms with Crippen molar-refractivity contribution < 1.29 is 9.53 Å². The quantitative estimate of drug-likeness (QED) is 0.635. The lowest BCUT2D eigenvalue weighted by Gasteiger charge is -2.61. The summed E-state index contributed by atoms with van der Waals surface area (Å²) in [5.74, 6) is 3.17. The van der Waals surface area contributed by atoms with E-state index in [2.05, 4.69) is 6.92 Å². The molecule has 2 nitrogen and oxygen atoms in total. The van der Waals surface area contributed by atoms with Crippen molar-refractivity contribution in [3.8, 4) is 0 Å². The molecule has 4 aliphatic carbocycles. The summed E-state index contributed by atoms with van der Waals surface area (Å²) in [6, 6.07) is 0. The maximum absolute atomic E-state index is 11.7. The molecule has 0 aromatic heterocycles. The molecular formula is C14H20O2. The molecule has 88 valence electrons. The SMILES string of the molecule is C[C@H]1OC(=O)[C@H]1C12CC3CC(CC(C3)C1)C2. The Morgan fingerprint density at radius 1 is 1.06 bits per heavy atom. The summed E-state index contributed by atoms with van der Waals surface area (Å²) in [6.07, 6.45) is 8.53. The van der Waals surface area contributed by atoms with Crippen LogP contribution in [0.5, 0.6) is 0 Å². The highest BCUT2D eigenvalue weighted by Crippen LogP contribution is 2.64. The molecule has 4 bridgehead atoms. The van der Waals surface area contributed by atoms with E-state index in [4.69, 9.17) is 4.74 Å². The number of hydrogen-bond acceptors (Lipinski definition) is 2. The molecule has 0 radical (unpaired) electrons. The van der Waals surface area contributed by atoms with E-state index in [9.17, 15) is 4.79 Å². The summed E-state index contributed by atoms with van der Waals surface area (Å²) in [6.45, 7) is 2.09. The van der Waals surface area contributed by atoms with E-state index in [0.717, 1.165) is 17.8 Å². The van der Waals surface area contributed by atoms with Crippen LogP contribution in [0, 0.1) is 29.1 Å². The molecule has 0 unspecified atom stereocenters. The van der Waals surface area contributed by atoms with Crippen molar-refractivity contribution in [1.29, 1.82) is 0 Å². The number of carbonyl (C=O) groups excluding carboxylic acids is 1. The third-order valence-electron chi connectivity index (χ3n) is 5.77. The second-order valence-electron chi connectivity index (χ2n) is 6.90. The van der Waals surface area contributed by atoms with E-state index in [1.807, 2.05) is 0 Å². The van der Waals surface area contributed by atoms with Gasteiger partial charge in [-0.15, -0.1) is 0 Å². The van der Waals surface area contributed by atoms with Crippen LogP contribution in [-0.4, -0.2) is 12.1 Å². The van der Waals surface area contributed by atoms with Gasteiger partial charge in [0.1, 0.15) is 6.10 Å². The van der Waals surface area contributed by atoms with Crippen molar-refractivity contribution in [1.82, 2.24) is 0 Å². The Morgan fingerprint density at radius 2 is 1.56 bits per heavy atom. The van der Waals surface area contributed by atoms with Gasteiger partial charge < -0.3 is 4.74 Å². The van der Waals surface area contributed by atoms with Crippen LogP contribution in [-0.2, 0) is 9.53 Å². The topological polar surface area (TPSA) is 26.3 Å². The summed E-state index contributed by atoms with van der Waals surface area (Å²) in [4.78, 5) is 11.7. The first-order valence-corrected chi connectivity index (χ1v) is 6.87. The van der Waals surface area contributed by atoms with Gasteiger partial charge in [-0.2, -0.15) is 0 Å². The first-order valence-electron chi connectivity index (χ1n) is 6.87. The molecule has 0 aromatic rings. The van der Waals surface area contributed by atoms with Gasteiger partial charge in [-0.25, -0.2) is 0 Å². The van der Waals surface area contributed by atoms with Gasteiger partial charge in [0.05, 0.1) is 5.92 Å². The summed E-state index contributed by atoms with van der Waals surface area (Å²) in [5, 5.41) is 0. The monoisotopic (exact) mass is 220 g/mol. The van der Waals surface area contributed by atoms with Crippen LogP contribution >= 0.6 is 0 Å². The smallest absolute Gasteiger partial charge is 0.313 e. The van der Waals surface area contributed by atoms with Crippen LogP contribution in [0.1, 0.15) is 45.4 Å². The number of rotatable bonds is 1. The first-order chi connectivity index (χ1) is 7.66. The summed E-state index contributed by atoms with van der Waals surface area (Å²) >= 11 is 0. The highest BCUT2D eigenvalue weighted by molar-refractivity contribution is 5.79. The van der Waals surface area contributed by atoms with Gasteiger partial charge in [-0.1, -0.05) is 0 Å². The normalized spacial score (nSPS) is 58.3. The summed E-state index contributed by atoms with van der Waals surface area (Å²) < 4.78 is 5.20. The average molecular weight is 220 g/mol. The van der Waals surface area contributed by atoms with Gasteiger partial charge >= 0.3 is 5.97 Å². The average Bonchev–Trinajstić information content (AvgIpc) is 2.13. The molecule has 0 amide bonds. The predicted molar refractivity (Wildman–Crippen MR) is 59.6 cm³/mol. The molecule has 1 heterocycles. The molecule has 0 spiro atoms. The van der Waals surface area contributed by atoms with Gasteiger partial charge in [0.15, 0.2) is 0 Å². The fourth-order valence-electron chi connectivity index (χ4n) is 5.75. The number of esters is 1. The maximum atomic E-state index is 11.7. The third kappa shape index (κ3) is 1.06. The van der Waals surface area contributed by atoms with Crippen LogP contribution in [0.4, 0.5) is 0 Å². The summed E-state index contributed by atoms with van der Waals surface area (Å²) in [5.41, 5.74) is 0.365. The number of cyclic esters (lactones) is 1. The lowest BCUT2D eigenvalue weighted by molar-refractivity contribution is -0.213. The molecule has 4 saturated carbocycles. The molecule has 1 saturated heterocycles. The van der Waals surface area contributed by atoms with Crippen molar-refractivity contribution in [2.24, 2.45) is 29.1 Å². The Balaban J connectivity index is 1.68. The molecule has 1 aliphatic heterocycles. The molecule has 5 aliphatic rings. The molecule has 16 heavy (non-hydrogen) atoms. The molecule has 2 heteroatoms. The minimum absolute atomic E-state index is 0.106. The van der Waals surface area contributed by atoms with Crippen molar-refractivity contribution in [3.05, 3.63) is 0 Å². The maximum Gasteiger partial charge on any atom is 0.313 e. The Kier molecular flexibility index (Phi) is 1.68. The fraction of sp³-hybridized carbons (Fsp3) is 0.929. The van der Waals surface area contributed by atoms with Crippen LogP contribution in [0.2, 0.25) is 0 Å². The largest absolute Gasteiger partial charge is 0.461 e. The van der Waals surface area contributed by atoms with Crippen molar-refractivity contribution in [3.63, 3.8) is 0 Å². The number of hydrogen-bond donors (Lipinski definition) is 0. The minimum Gasteiger partial charge on any atom is -0.461 e. The molecule has 2 atom stereocenters. The van der Waals surface area contributed by atoms with E-state index in [0.29, 0.717) is 5.41 Å². The Labute approximate surface area is 96.7 Å². The van der Waals surface area contributed by atoms with E-state index in [-0.39, 0.29) is 18.0 Å². The Bertz CT molecular complexity index is 311. The fourth-order valence-corrected chi connectivity index (χ4v) is 5.75. The lowest BCUT2D eigenvalue weighted by Crippen LogP contribution is -2.59. The number of ether oxygens (including phenoxy) is 1. The third-order valence-corrected chi connectivity index (χ3v) is 5.77. The zero-order chi connectivity index (χ0) is 10.9. The second-order valence-corrected chi connectivity index (χ2v) is 6.90. The summed E-state index contributed by atoms with van der Waals surface area (Å²) in [7, 11) is 0. The first kappa shape index (κ1) is 9.49. The van der Waals surface area contributed by atoms with E-state index >= 15 is 0 Å². The van der Waals surface area contributed by atoms with Crippen LogP contribution in [0.15, 0.2) is 0 Å². The van der Waals surface area contributed by atoms with Crippen molar-refractivity contribution >= 4 is 5.97 Å². The molecule has 0 N–H and O–H groups in total. The van der Waals surface area contributed by atoms with Crippen LogP contribution in [0.25, 0.3) is 0 Å². The lowest BCUT2D eigenvalue weighted by atomic mass is 9.45. The van der Waals surface area contributed by atoms with E-state index in [1.165, 1.54) is 38.5 Å². The highest BCUT2D eigenvalue weighted by Gasteiger charge is 2.61.